The van der Waals surface area contributed by atoms with E-state index in [1.807, 2.05) is 0 Å². The van der Waals surface area contributed by atoms with Crippen LogP contribution in [0.25, 0.3) is 0 Å². The molecular weight excluding hydrogens is 359 g/mol. The van der Waals surface area contributed by atoms with Crippen LogP contribution < -0.4 is 5.32 Å². The number of carboxylic acids is 1. The quantitative estimate of drug-likeness (QED) is 0.737. The third-order valence-corrected chi connectivity index (χ3v) is 7.12. The molecule has 0 aliphatic carbocycles. The van der Waals surface area contributed by atoms with Gasteiger partial charge in [0.05, 0.1) is 6.42 Å². The third-order valence-electron chi connectivity index (χ3n) is 3.67. The maximum absolute atomic E-state index is 12.5. The number of alkyl halides is 1. The Hall–Kier alpha value is -1.52. The number of aliphatic carboxylic acids is 1. The van der Waals surface area contributed by atoms with Crippen molar-refractivity contribution in [2.24, 2.45) is 0 Å². The molecule has 2 rings (SSSR count). The van der Waals surface area contributed by atoms with Gasteiger partial charge >= 0.3 is 5.97 Å². The SMILES string of the molecule is O=C(Cc1ccc(S(=O)(=O)N2CCCCC2)s1)NC(CF)C(=O)O. The first kappa shape index (κ1) is 18.8. The average molecular weight is 378 g/mol. The van der Waals surface area contributed by atoms with E-state index in [2.05, 4.69) is 5.32 Å². The van der Waals surface area contributed by atoms with Gasteiger partial charge in [-0.2, -0.15) is 4.31 Å². The van der Waals surface area contributed by atoms with Crippen molar-refractivity contribution in [3.63, 3.8) is 0 Å². The minimum atomic E-state index is -3.55. The molecule has 2 N–H and O–H groups in total. The van der Waals surface area contributed by atoms with E-state index >= 15 is 0 Å². The number of amides is 1. The number of thiophene rings is 1. The Balaban J connectivity index is 2.02. The summed E-state index contributed by atoms with van der Waals surface area (Å²) in [4.78, 5) is 22.9. The minimum Gasteiger partial charge on any atom is -0.480 e. The molecular formula is C14H19FN2O5S2. The van der Waals surface area contributed by atoms with Gasteiger partial charge in [0.15, 0.2) is 6.04 Å². The van der Waals surface area contributed by atoms with Gasteiger partial charge in [0.1, 0.15) is 10.9 Å². The van der Waals surface area contributed by atoms with Gasteiger partial charge in [-0.25, -0.2) is 17.6 Å². The molecule has 1 aromatic heterocycles. The highest BCUT2D eigenvalue weighted by molar-refractivity contribution is 7.91. The number of carbonyl (C=O) groups is 2. The summed E-state index contributed by atoms with van der Waals surface area (Å²) in [5, 5.41) is 10.8. The van der Waals surface area contributed by atoms with E-state index in [4.69, 9.17) is 5.11 Å². The van der Waals surface area contributed by atoms with E-state index in [1.54, 1.807) is 0 Å². The number of nitrogens with zero attached hydrogens (tertiary/aromatic N) is 1. The largest absolute Gasteiger partial charge is 0.480 e. The molecule has 1 aliphatic heterocycles. The normalized spacial score (nSPS) is 17.4. The fourth-order valence-electron chi connectivity index (χ4n) is 2.39. The van der Waals surface area contributed by atoms with Crippen LogP contribution in [0.3, 0.4) is 0 Å². The Bertz CT molecular complexity index is 698. The highest BCUT2D eigenvalue weighted by Gasteiger charge is 2.27. The van der Waals surface area contributed by atoms with Gasteiger partial charge in [-0.15, -0.1) is 11.3 Å². The topological polar surface area (TPSA) is 104 Å². The minimum absolute atomic E-state index is 0.160. The molecule has 1 saturated heterocycles. The predicted octanol–water partition coefficient (Wildman–Crippen LogP) is 1.00. The number of carbonyl (C=O) groups excluding carboxylic acids is 1. The summed E-state index contributed by atoms with van der Waals surface area (Å²) in [6.07, 6.45) is 2.49. The molecule has 24 heavy (non-hydrogen) atoms. The molecule has 1 fully saturated rings. The van der Waals surface area contributed by atoms with E-state index in [1.165, 1.54) is 16.4 Å². The smallest absolute Gasteiger partial charge is 0.328 e. The number of nitrogens with one attached hydrogen (secondary N) is 1. The Kier molecular flexibility index (Phi) is 6.30. The summed E-state index contributed by atoms with van der Waals surface area (Å²) in [5.74, 6) is -2.12. The zero-order chi connectivity index (χ0) is 17.7. The number of halogens is 1. The molecule has 0 radical (unpaired) electrons. The molecule has 1 unspecified atom stereocenters. The van der Waals surface area contributed by atoms with Gasteiger partial charge in [0, 0.05) is 18.0 Å². The van der Waals surface area contributed by atoms with E-state index in [-0.39, 0.29) is 10.6 Å². The number of carboxylic acid groups (broad SMARTS) is 1. The molecule has 1 amide bonds. The number of sulfonamides is 1. The summed E-state index contributed by atoms with van der Waals surface area (Å²) >= 11 is 0.973. The molecule has 10 heteroatoms. The summed E-state index contributed by atoms with van der Waals surface area (Å²) in [6, 6.07) is 1.38. The lowest BCUT2D eigenvalue weighted by Gasteiger charge is -2.25. The van der Waals surface area contributed by atoms with Crippen LogP contribution in [0.2, 0.25) is 0 Å². The Labute approximate surface area is 143 Å². The van der Waals surface area contributed by atoms with Gasteiger partial charge in [0.2, 0.25) is 5.91 Å². The van der Waals surface area contributed by atoms with E-state index in [9.17, 15) is 22.4 Å². The number of rotatable bonds is 7. The first-order valence-electron chi connectivity index (χ1n) is 7.51. The van der Waals surface area contributed by atoms with Crippen molar-refractivity contribution in [3.05, 3.63) is 17.0 Å². The van der Waals surface area contributed by atoms with Crippen LogP contribution in [0, 0.1) is 0 Å². The summed E-state index contributed by atoms with van der Waals surface area (Å²) in [6.45, 7) is -0.222. The number of hydrogen-bond donors (Lipinski definition) is 2. The molecule has 1 aromatic rings. The van der Waals surface area contributed by atoms with Crippen molar-refractivity contribution in [2.45, 2.75) is 35.9 Å². The van der Waals surface area contributed by atoms with Crippen LogP contribution in [0.5, 0.6) is 0 Å². The third kappa shape index (κ3) is 4.52. The van der Waals surface area contributed by atoms with Crippen molar-refractivity contribution in [1.82, 2.24) is 9.62 Å². The van der Waals surface area contributed by atoms with Crippen molar-refractivity contribution in [2.75, 3.05) is 19.8 Å². The second-order valence-corrected chi connectivity index (χ2v) is 8.81. The van der Waals surface area contributed by atoms with Gasteiger partial charge in [-0.05, 0) is 25.0 Å². The van der Waals surface area contributed by atoms with Gasteiger partial charge < -0.3 is 10.4 Å². The number of piperidine rings is 1. The Morgan fingerprint density at radius 2 is 1.96 bits per heavy atom. The van der Waals surface area contributed by atoms with Crippen LogP contribution in [0.1, 0.15) is 24.1 Å². The van der Waals surface area contributed by atoms with E-state index < -0.39 is 34.6 Å². The van der Waals surface area contributed by atoms with Gasteiger partial charge in [-0.3, -0.25) is 4.79 Å². The zero-order valence-electron chi connectivity index (χ0n) is 12.9. The maximum atomic E-state index is 12.5. The van der Waals surface area contributed by atoms with Crippen LogP contribution >= 0.6 is 11.3 Å². The lowest BCUT2D eigenvalue weighted by molar-refractivity contribution is -0.142. The first-order valence-corrected chi connectivity index (χ1v) is 9.77. The molecule has 0 saturated carbocycles. The molecule has 1 atom stereocenters. The van der Waals surface area contributed by atoms with Crippen LogP contribution in [-0.2, 0) is 26.0 Å². The highest BCUT2D eigenvalue weighted by atomic mass is 32.2. The molecule has 0 bridgehead atoms. The van der Waals surface area contributed by atoms with Crippen LogP contribution in [-0.4, -0.2) is 55.5 Å². The molecule has 0 aromatic carbocycles. The van der Waals surface area contributed by atoms with Gasteiger partial charge in [0.25, 0.3) is 10.0 Å². The summed E-state index contributed by atoms with van der Waals surface area (Å²) in [5.41, 5.74) is 0. The molecule has 1 aliphatic rings. The lowest BCUT2D eigenvalue weighted by atomic mass is 10.2. The van der Waals surface area contributed by atoms with Crippen molar-refractivity contribution >= 4 is 33.2 Å². The fourth-order valence-corrected chi connectivity index (χ4v) is 5.42. The molecule has 7 nitrogen and oxygen atoms in total. The number of hydrogen-bond acceptors (Lipinski definition) is 5. The van der Waals surface area contributed by atoms with E-state index in [0.29, 0.717) is 18.0 Å². The lowest BCUT2D eigenvalue weighted by Crippen LogP contribution is -2.42. The maximum Gasteiger partial charge on any atom is 0.328 e. The second kappa shape index (κ2) is 8.04. The standard InChI is InChI=1S/C14H19FN2O5S2/c15-9-11(14(19)20)16-12(18)8-10-4-5-13(23-10)24(21,22)17-6-2-1-3-7-17/h4-5,11H,1-3,6-9H2,(H,16,18)(H,19,20). The average Bonchev–Trinajstić information content (AvgIpc) is 3.02. The van der Waals surface area contributed by atoms with Crippen molar-refractivity contribution in [1.29, 1.82) is 0 Å². The zero-order valence-corrected chi connectivity index (χ0v) is 14.5. The summed E-state index contributed by atoms with van der Waals surface area (Å²) < 4.78 is 39.1. The van der Waals surface area contributed by atoms with E-state index in [0.717, 1.165) is 30.6 Å². The highest BCUT2D eigenvalue weighted by Crippen LogP contribution is 2.27. The molecule has 134 valence electrons. The second-order valence-electron chi connectivity index (χ2n) is 5.47. The molecule has 0 spiro atoms. The van der Waals surface area contributed by atoms with Crippen molar-refractivity contribution < 1.29 is 27.5 Å². The fraction of sp³-hybridized carbons (Fsp3) is 0.571. The first-order chi connectivity index (χ1) is 11.3. The van der Waals surface area contributed by atoms with Crippen LogP contribution in [0.15, 0.2) is 16.3 Å². The van der Waals surface area contributed by atoms with Crippen LogP contribution in [0.4, 0.5) is 4.39 Å². The van der Waals surface area contributed by atoms with Gasteiger partial charge in [-0.1, -0.05) is 6.42 Å². The predicted molar refractivity (Wildman–Crippen MR) is 86.2 cm³/mol. The Morgan fingerprint density at radius 1 is 1.29 bits per heavy atom. The Morgan fingerprint density at radius 3 is 2.54 bits per heavy atom. The molecule has 2 heterocycles. The monoisotopic (exact) mass is 378 g/mol. The summed E-state index contributed by atoms with van der Waals surface area (Å²) in [7, 11) is -3.55. The van der Waals surface area contributed by atoms with Crippen molar-refractivity contribution in [3.8, 4) is 0 Å².